The fourth-order valence-corrected chi connectivity index (χ4v) is 3.65. The Labute approximate surface area is 170 Å². The second-order valence-corrected chi connectivity index (χ2v) is 7.85. The SMILES string of the molecule is Cc1nc(-c2cc(-c3cncc(C(=O)N4CC[C@@H](N(C)C)C4)c3)ccn2)[nH]c1C. The molecule has 4 heterocycles. The second kappa shape index (κ2) is 7.75. The van der Waals surface area contributed by atoms with E-state index >= 15 is 0 Å². The molecule has 0 unspecified atom stereocenters. The predicted octanol–water partition coefficient (Wildman–Crippen LogP) is 2.93. The summed E-state index contributed by atoms with van der Waals surface area (Å²) in [5, 5.41) is 0. The summed E-state index contributed by atoms with van der Waals surface area (Å²) in [4.78, 5) is 33.6. The Balaban J connectivity index is 1.59. The van der Waals surface area contributed by atoms with Crippen LogP contribution < -0.4 is 0 Å². The summed E-state index contributed by atoms with van der Waals surface area (Å²) in [5.41, 5.74) is 5.22. The number of pyridine rings is 2. The number of hydrogen-bond donors (Lipinski definition) is 1. The number of likely N-dealkylation sites (N-methyl/N-ethyl adjacent to an activating group) is 1. The molecule has 1 aliphatic rings. The van der Waals surface area contributed by atoms with Gasteiger partial charge in [0, 0.05) is 49.0 Å². The number of carbonyl (C=O) groups is 1. The number of aryl methyl sites for hydroxylation is 2. The molecule has 4 rings (SSSR count). The van der Waals surface area contributed by atoms with Crippen LogP contribution in [0.25, 0.3) is 22.6 Å². The lowest BCUT2D eigenvalue weighted by Crippen LogP contribution is -2.34. The van der Waals surface area contributed by atoms with Crippen LogP contribution >= 0.6 is 0 Å². The molecule has 29 heavy (non-hydrogen) atoms. The van der Waals surface area contributed by atoms with Gasteiger partial charge in [-0.1, -0.05) is 0 Å². The van der Waals surface area contributed by atoms with E-state index in [1.807, 2.05) is 36.9 Å². The molecule has 150 valence electrons. The van der Waals surface area contributed by atoms with E-state index in [2.05, 4.69) is 38.9 Å². The van der Waals surface area contributed by atoms with Crippen molar-refractivity contribution in [2.24, 2.45) is 0 Å². The molecule has 0 aromatic carbocycles. The average Bonchev–Trinajstić information content (AvgIpc) is 3.35. The molecule has 1 N–H and O–H groups in total. The van der Waals surface area contributed by atoms with E-state index in [4.69, 9.17) is 0 Å². The topological polar surface area (TPSA) is 78.0 Å². The number of amides is 1. The standard InChI is InChI=1S/C22H26N6O/c1-14-15(2)26-21(25-14)20-10-16(5-7-24-20)17-9-18(12-23-11-17)22(29)28-8-6-19(13-28)27(3)4/h5,7,9-12,19H,6,8,13H2,1-4H3,(H,25,26)/t19-/m1/s1. The summed E-state index contributed by atoms with van der Waals surface area (Å²) in [7, 11) is 4.12. The molecule has 3 aromatic heterocycles. The number of nitrogens with zero attached hydrogens (tertiary/aromatic N) is 5. The van der Waals surface area contributed by atoms with Gasteiger partial charge in [-0.25, -0.2) is 4.98 Å². The van der Waals surface area contributed by atoms with E-state index in [9.17, 15) is 4.79 Å². The summed E-state index contributed by atoms with van der Waals surface area (Å²) >= 11 is 0. The molecule has 1 saturated heterocycles. The normalized spacial score (nSPS) is 16.6. The van der Waals surface area contributed by atoms with Crippen molar-refractivity contribution in [2.45, 2.75) is 26.3 Å². The zero-order chi connectivity index (χ0) is 20.5. The highest BCUT2D eigenvalue weighted by Gasteiger charge is 2.28. The third-order valence-corrected chi connectivity index (χ3v) is 5.63. The van der Waals surface area contributed by atoms with Gasteiger partial charge in [-0.3, -0.25) is 14.8 Å². The minimum atomic E-state index is 0.0373. The number of likely N-dealkylation sites (tertiary alicyclic amines) is 1. The van der Waals surface area contributed by atoms with Crippen LogP contribution in [-0.4, -0.2) is 68.9 Å². The van der Waals surface area contributed by atoms with Gasteiger partial charge in [0.25, 0.3) is 5.91 Å². The fourth-order valence-electron chi connectivity index (χ4n) is 3.65. The highest BCUT2D eigenvalue weighted by molar-refractivity contribution is 5.95. The molecule has 0 bridgehead atoms. The third kappa shape index (κ3) is 3.91. The summed E-state index contributed by atoms with van der Waals surface area (Å²) in [5.74, 6) is 0.782. The Hall–Kier alpha value is -3.06. The van der Waals surface area contributed by atoms with Crippen molar-refractivity contribution in [1.29, 1.82) is 0 Å². The number of imidazole rings is 1. The van der Waals surface area contributed by atoms with Crippen molar-refractivity contribution in [3.63, 3.8) is 0 Å². The Morgan fingerprint density at radius 3 is 2.72 bits per heavy atom. The smallest absolute Gasteiger partial charge is 0.255 e. The zero-order valence-corrected chi connectivity index (χ0v) is 17.3. The monoisotopic (exact) mass is 390 g/mol. The lowest BCUT2D eigenvalue weighted by atomic mass is 10.1. The first-order valence-corrected chi connectivity index (χ1v) is 9.83. The van der Waals surface area contributed by atoms with Gasteiger partial charge in [-0.2, -0.15) is 0 Å². The average molecular weight is 390 g/mol. The Morgan fingerprint density at radius 1 is 1.21 bits per heavy atom. The maximum atomic E-state index is 13.0. The van der Waals surface area contributed by atoms with E-state index in [1.165, 1.54) is 0 Å². The van der Waals surface area contributed by atoms with Crippen molar-refractivity contribution in [3.8, 4) is 22.6 Å². The molecule has 1 aliphatic heterocycles. The third-order valence-electron chi connectivity index (χ3n) is 5.63. The van der Waals surface area contributed by atoms with Crippen LogP contribution in [-0.2, 0) is 0 Å². The number of nitrogens with one attached hydrogen (secondary N) is 1. The molecule has 7 heteroatoms. The summed E-state index contributed by atoms with van der Waals surface area (Å²) < 4.78 is 0. The molecule has 0 spiro atoms. The van der Waals surface area contributed by atoms with Gasteiger partial charge in [-0.15, -0.1) is 0 Å². The number of hydrogen-bond acceptors (Lipinski definition) is 5. The predicted molar refractivity (Wildman–Crippen MR) is 113 cm³/mol. The summed E-state index contributed by atoms with van der Waals surface area (Å²) in [6.07, 6.45) is 6.19. The van der Waals surface area contributed by atoms with E-state index in [1.54, 1.807) is 18.6 Å². The van der Waals surface area contributed by atoms with Gasteiger partial charge in [0.2, 0.25) is 0 Å². The fraction of sp³-hybridized carbons (Fsp3) is 0.364. The van der Waals surface area contributed by atoms with E-state index < -0.39 is 0 Å². The molecule has 1 atom stereocenters. The molecule has 0 saturated carbocycles. The lowest BCUT2D eigenvalue weighted by molar-refractivity contribution is 0.0782. The maximum absolute atomic E-state index is 13.0. The van der Waals surface area contributed by atoms with Crippen molar-refractivity contribution >= 4 is 5.91 Å². The molecular formula is C22H26N6O. The van der Waals surface area contributed by atoms with Crippen LogP contribution in [0.5, 0.6) is 0 Å². The Bertz CT molecular complexity index is 1020. The number of H-pyrrole nitrogens is 1. The first-order chi connectivity index (χ1) is 13.9. The number of rotatable bonds is 4. The van der Waals surface area contributed by atoms with Gasteiger partial charge < -0.3 is 14.8 Å². The van der Waals surface area contributed by atoms with Gasteiger partial charge in [0.15, 0.2) is 5.82 Å². The van der Waals surface area contributed by atoms with Crippen LogP contribution in [0.3, 0.4) is 0 Å². The zero-order valence-electron chi connectivity index (χ0n) is 17.3. The Kier molecular flexibility index (Phi) is 5.15. The first-order valence-electron chi connectivity index (χ1n) is 9.83. The van der Waals surface area contributed by atoms with Gasteiger partial charge in [0.1, 0.15) is 5.69 Å². The highest BCUT2D eigenvalue weighted by atomic mass is 16.2. The van der Waals surface area contributed by atoms with E-state index in [0.717, 1.165) is 53.5 Å². The number of aromatic nitrogens is 4. The first kappa shape index (κ1) is 19.3. The molecule has 0 aliphatic carbocycles. The molecule has 1 amide bonds. The summed E-state index contributed by atoms with van der Waals surface area (Å²) in [6.45, 7) is 5.50. The molecule has 0 radical (unpaired) electrons. The minimum absolute atomic E-state index is 0.0373. The van der Waals surface area contributed by atoms with Crippen molar-refractivity contribution in [3.05, 3.63) is 53.7 Å². The highest BCUT2D eigenvalue weighted by Crippen LogP contribution is 2.25. The van der Waals surface area contributed by atoms with Crippen molar-refractivity contribution < 1.29 is 4.79 Å². The van der Waals surface area contributed by atoms with Gasteiger partial charge in [0.05, 0.1) is 11.3 Å². The van der Waals surface area contributed by atoms with E-state index in [-0.39, 0.29) is 5.91 Å². The number of carbonyl (C=O) groups excluding carboxylic acids is 1. The molecule has 3 aromatic rings. The Morgan fingerprint density at radius 2 is 2.03 bits per heavy atom. The van der Waals surface area contributed by atoms with E-state index in [0.29, 0.717) is 11.6 Å². The lowest BCUT2D eigenvalue weighted by Gasteiger charge is -2.20. The largest absolute Gasteiger partial charge is 0.341 e. The molecule has 7 nitrogen and oxygen atoms in total. The maximum Gasteiger partial charge on any atom is 0.255 e. The quantitative estimate of drug-likeness (QED) is 0.741. The van der Waals surface area contributed by atoms with Crippen LogP contribution in [0.1, 0.15) is 28.2 Å². The minimum Gasteiger partial charge on any atom is -0.341 e. The summed E-state index contributed by atoms with van der Waals surface area (Å²) in [6, 6.07) is 6.23. The molecule has 1 fully saturated rings. The van der Waals surface area contributed by atoms with Crippen LogP contribution in [0.4, 0.5) is 0 Å². The van der Waals surface area contributed by atoms with Crippen molar-refractivity contribution in [1.82, 2.24) is 29.7 Å². The van der Waals surface area contributed by atoms with Crippen LogP contribution in [0.15, 0.2) is 36.8 Å². The second-order valence-electron chi connectivity index (χ2n) is 7.85. The number of aromatic amines is 1. The van der Waals surface area contributed by atoms with Crippen LogP contribution in [0.2, 0.25) is 0 Å². The van der Waals surface area contributed by atoms with Gasteiger partial charge >= 0.3 is 0 Å². The van der Waals surface area contributed by atoms with Crippen LogP contribution in [0, 0.1) is 13.8 Å². The van der Waals surface area contributed by atoms with Crippen molar-refractivity contribution in [2.75, 3.05) is 27.2 Å². The molecular weight excluding hydrogens is 364 g/mol. The van der Waals surface area contributed by atoms with Gasteiger partial charge in [-0.05, 0) is 58.1 Å².